The summed E-state index contributed by atoms with van der Waals surface area (Å²) in [6.07, 6.45) is 1.64. The van der Waals surface area contributed by atoms with E-state index in [9.17, 15) is 18.8 Å². The highest BCUT2D eigenvalue weighted by Gasteiger charge is 2.15. The van der Waals surface area contributed by atoms with E-state index >= 15 is 0 Å². The topological polar surface area (TPSA) is 87.3 Å². The molecule has 0 atom stereocenters. The number of hydrogen-bond donors (Lipinski definition) is 3. The second-order valence-electron chi connectivity index (χ2n) is 9.64. The Morgan fingerprint density at radius 2 is 1.52 bits per heavy atom. The average Bonchev–Trinajstić information content (AvgIpc) is 2.99. The van der Waals surface area contributed by atoms with Crippen LogP contribution >= 0.6 is 23.4 Å². The monoisotopic (exact) mass is 601 g/mol. The molecule has 42 heavy (non-hydrogen) atoms. The van der Waals surface area contributed by atoms with Crippen LogP contribution in [0.5, 0.6) is 0 Å². The molecule has 0 spiro atoms. The number of thioether (sulfide) groups is 1. The zero-order valence-electron chi connectivity index (χ0n) is 23.0. The van der Waals surface area contributed by atoms with Gasteiger partial charge in [-0.05, 0) is 77.7 Å². The maximum atomic E-state index is 13.3. The van der Waals surface area contributed by atoms with Gasteiger partial charge in [0.15, 0.2) is 0 Å². The van der Waals surface area contributed by atoms with Crippen molar-refractivity contribution in [2.24, 2.45) is 0 Å². The quantitative estimate of drug-likeness (QED) is 0.128. The van der Waals surface area contributed by atoms with E-state index in [0.29, 0.717) is 22.9 Å². The van der Waals surface area contributed by atoms with E-state index in [2.05, 4.69) is 29.8 Å². The number of amides is 3. The standard InChI is InChI=1S/C33H29ClFN3O3S/c1-21(2)23-10-8-22(9-11-23)18-30(38-32(40)24-6-4-3-5-7-24)33(41)37-25-12-15-27(16-13-25)42-20-31(39)36-26-14-17-29(35)28(34)19-26/h3-19,21H,20H2,1-2H3,(H,36,39)(H,37,41)(H,38,40)/b30-18-. The summed E-state index contributed by atoms with van der Waals surface area (Å²) >= 11 is 7.06. The molecule has 4 rings (SSSR count). The number of nitrogens with one attached hydrogen (secondary N) is 3. The molecule has 0 radical (unpaired) electrons. The first-order valence-electron chi connectivity index (χ1n) is 13.1. The molecule has 4 aromatic rings. The van der Waals surface area contributed by atoms with Crippen LogP contribution in [0.1, 0.15) is 41.3 Å². The first-order chi connectivity index (χ1) is 20.2. The second kappa shape index (κ2) is 14.5. The third kappa shape index (κ3) is 8.80. The molecular weight excluding hydrogens is 573 g/mol. The Morgan fingerprint density at radius 1 is 0.857 bits per heavy atom. The van der Waals surface area contributed by atoms with Gasteiger partial charge in [-0.1, -0.05) is 67.9 Å². The van der Waals surface area contributed by atoms with E-state index < -0.39 is 17.6 Å². The molecule has 0 bridgehead atoms. The Hall–Kier alpha value is -4.40. The smallest absolute Gasteiger partial charge is 0.272 e. The molecule has 0 heterocycles. The van der Waals surface area contributed by atoms with Crippen LogP contribution in [0.2, 0.25) is 5.02 Å². The summed E-state index contributed by atoms with van der Waals surface area (Å²) in [5.41, 5.74) is 3.39. The summed E-state index contributed by atoms with van der Waals surface area (Å²) in [5.74, 6) is -1.22. The molecule has 0 aliphatic rings. The zero-order chi connectivity index (χ0) is 30.1. The first kappa shape index (κ1) is 30.6. The molecule has 0 unspecified atom stereocenters. The Bertz CT molecular complexity index is 1590. The van der Waals surface area contributed by atoms with Crippen molar-refractivity contribution in [3.63, 3.8) is 0 Å². The van der Waals surface area contributed by atoms with Gasteiger partial charge in [-0.15, -0.1) is 11.8 Å². The second-order valence-corrected chi connectivity index (χ2v) is 11.1. The van der Waals surface area contributed by atoms with E-state index in [1.807, 2.05) is 30.3 Å². The van der Waals surface area contributed by atoms with Crippen molar-refractivity contribution in [1.29, 1.82) is 0 Å². The predicted octanol–water partition coefficient (Wildman–Crippen LogP) is 7.74. The lowest BCUT2D eigenvalue weighted by Gasteiger charge is -2.12. The lowest BCUT2D eigenvalue weighted by molar-refractivity contribution is -0.114. The molecule has 214 valence electrons. The number of anilines is 2. The summed E-state index contributed by atoms with van der Waals surface area (Å²) in [6.45, 7) is 4.21. The summed E-state index contributed by atoms with van der Waals surface area (Å²) in [7, 11) is 0. The molecule has 6 nitrogen and oxygen atoms in total. The van der Waals surface area contributed by atoms with Gasteiger partial charge in [0.25, 0.3) is 11.8 Å². The van der Waals surface area contributed by atoms with Crippen molar-refractivity contribution >= 4 is 58.5 Å². The van der Waals surface area contributed by atoms with Gasteiger partial charge in [-0.2, -0.15) is 0 Å². The van der Waals surface area contributed by atoms with Gasteiger partial charge < -0.3 is 16.0 Å². The Kier molecular flexibility index (Phi) is 10.5. The van der Waals surface area contributed by atoms with E-state index in [-0.39, 0.29) is 22.4 Å². The minimum absolute atomic E-state index is 0.0697. The van der Waals surface area contributed by atoms with Crippen LogP contribution in [0.25, 0.3) is 6.08 Å². The van der Waals surface area contributed by atoms with Crippen LogP contribution < -0.4 is 16.0 Å². The third-order valence-electron chi connectivity index (χ3n) is 6.13. The van der Waals surface area contributed by atoms with Gasteiger partial charge in [0.2, 0.25) is 5.91 Å². The van der Waals surface area contributed by atoms with Gasteiger partial charge in [0, 0.05) is 21.8 Å². The summed E-state index contributed by atoms with van der Waals surface area (Å²) in [4.78, 5) is 39.3. The molecular formula is C33H29ClFN3O3S. The fraction of sp³-hybridized carbons (Fsp3) is 0.121. The van der Waals surface area contributed by atoms with Crippen LogP contribution in [0.15, 0.2) is 108 Å². The summed E-state index contributed by atoms with van der Waals surface area (Å²) < 4.78 is 13.3. The normalized spacial score (nSPS) is 11.2. The highest BCUT2D eigenvalue weighted by Crippen LogP contribution is 2.23. The maximum Gasteiger partial charge on any atom is 0.272 e. The van der Waals surface area contributed by atoms with Crippen LogP contribution in [0.3, 0.4) is 0 Å². The molecule has 0 fully saturated rings. The molecule has 0 saturated carbocycles. The van der Waals surface area contributed by atoms with Crippen molar-refractivity contribution in [3.8, 4) is 0 Å². The molecule has 0 aliphatic heterocycles. The Labute approximate surface area is 253 Å². The van der Waals surface area contributed by atoms with E-state index in [0.717, 1.165) is 10.5 Å². The van der Waals surface area contributed by atoms with Crippen molar-refractivity contribution in [1.82, 2.24) is 5.32 Å². The van der Waals surface area contributed by atoms with E-state index in [4.69, 9.17) is 11.6 Å². The minimum Gasteiger partial charge on any atom is -0.325 e. The van der Waals surface area contributed by atoms with Crippen molar-refractivity contribution < 1.29 is 18.8 Å². The fourth-order valence-corrected chi connectivity index (χ4v) is 4.72. The highest BCUT2D eigenvalue weighted by atomic mass is 35.5. The fourth-order valence-electron chi connectivity index (χ4n) is 3.84. The first-order valence-corrected chi connectivity index (χ1v) is 14.5. The van der Waals surface area contributed by atoms with Gasteiger partial charge in [0.05, 0.1) is 10.8 Å². The molecule has 0 aliphatic carbocycles. The van der Waals surface area contributed by atoms with Crippen molar-refractivity contribution in [2.75, 3.05) is 16.4 Å². The number of rotatable bonds is 10. The van der Waals surface area contributed by atoms with E-state index in [1.54, 1.807) is 54.6 Å². The highest BCUT2D eigenvalue weighted by molar-refractivity contribution is 8.00. The number of hydrogen-bond acceptors (Lipinski definition) is 4. The minimum atomic E-state index is -0.558. The lowest BCUT2D eigenvalue weighted by atomic mass is 10.0. The zero-order valence-corrected chi connectivity index (χ0v) is 24.6. The van der Waals surface area contributed by atoms with Crippen LogP contribution in [0.4, 0.5) is 15.8 Å². The van der Waals surface area contributed by atoms with Gasteiger partial charge in [-0.3, -0.25) is 14.4 Å². The SMILES string of the molecule is CC(C)c1ccc(/C=C(\NC(=O)c2ccccc2)C(=O)Nc2ccc(SCC(=O)Nc3ccc(F)c(Cl)c3)cc2)cc1. The van der Waals surface area contributed by atoms with Crippen molar-refractivity contribution in [3.05, 3.63) is 130 Å². The van der Waals surface area contributed by atoms with Crippen LogP contribution in [-0.4, -0.2) is 23.5 Å². The Balaban J connectivity index is 1.41. The molecule has 0 saturated heterocycles. The van der Waals surface area contributed by atoms with E-state index in [1.165, 1.54) is 35.5 Å². The van der Waals surface area contributed by atoms with Crippen molar-refractivity contribution in [2.45, 2.75) is 24.7 Å². The summed E-state index contributed by atoms with van der Waals surface area (Å²) in [5, 5.41) is 8.18. The molecule has 3 amide bonds. The Morgan fingerprint density at radius 3 is 2.17 bits per heavy atom. The predicted molar refractivity (Wildman–Crippen MR) is 168 cm³/mol. The number of benzene rings is 4. The number of carbonyl (C=O) groups excluding carboxylic acids is 3. The number of halogens is 2. The lowest BCUT2D eigenvalue weighted by Crippen LogP contribution is -2.30. The van der Waals surface area contributed by atoms with Crippen LogP contribution in [0, 0.1) is 5.82 Å². The molecule has 3 N–H and O–H groups in total. The molecule has 0 aromatic heterocycles. The molecule has 4 aromatic carbocycles. The molecule has 9 heteroatoms. The third-order valence-corrected chi connectivity index (χ3v) is 7.43. The van der Waals surface area contributed by atoms with Gasteiger partial charge in [0.1, 0.15) is 11.5 Å². The van der Waals surface area contributed by atoms with Gasteiger partial charge >= 0.3 is 0 Å². The average molecular weight is 602 g/mol. The van der Waals surface area contributed by atoms with Crippen LogP contribution in [-0.2, 0) is 9.59 Å². The largest absolute Gasteiger partial charge is 0.325 e. The summed E-state index contributed by atoms with van der Waals surface area (Å²) in [6, 6.07) is 27.4. The van der Waals surface area contributed by atoms with Gasteiger partial charge in [-0.25, -0.2) is 4.39 Å². The maximum absolute atomic E-state index is 13.3. The number of carbonyl (C=O) groups is 3.